The zero-order chi connectivity index (χ0) is 36.5. The second kappa shape index (κ2) is 13.6. The molecular weight excluding hydrogens is 657 g/mol. The van der Waals surface area contributed by atoms with Gasteiger partial charge in [-0.15, -0.1) is 0 Å². The molecule has 5 aromatic carbocycles. The maximum Gasteiger partial charge on any atom is 0.267 e. The number of aromatic nitrogens is 3. The first-order valence-corrected chi connectivity index (χ1v) is 16.8. The number of anilines is 1. The topological polar surface area (TPSA) is 116 Å². The van der Waals surface area contributed by atoms with Crippen LogP contribution in [0, 0.1) is 29.6 Å². The lowest BCUT2D eigenvalue weighted by Crippen LogP contribution is -2.31. The van der Waals surface area contributed by atoms with Gasteiger partial charge in [-0.3, -0.25) is 19.6 Å². The summed E-state index contributed by atoms with van der Waals surface area (Å²) in [7, 11) is 0. The Labute approximate surface area is 305 Å². The molecule has 0 N–H and O–H groups in total. The Morgan fingerprint density at radius 1 is 0.623 bits per heavy atom. The molecule has 0 spiro atoms. The number of nitrogens with zero attached hydrogens (tertiary/aromatic N) is 6. The highest BCUT2D eigenvalue weighted by atomic mass is 16.2. The fraction of sp³-hybridized carbons (Fsp3) is 0.0222. The molecule has 0 atom stereocenters. The van der Waals surface area contributed by atoms with Gasteiger partial charge in [0.05, 0.1) is 39.1 Å². The number of hydrogen-bond acceptors (Lipinski definition) is 6. The number of aryl methyl sites for hydroxylation is 1. The van der Waals surface area contributed by atoms with E-state index in [2.05, 4.69) is 34.2 Å². The lowest BCUT2D eigenvalue weighted by atomic mass is 10.0. The molecule has 0 bridgehead atoms. The van der Waals surface area contributed by atoms with Crippen LogP contribution >= 0.6 is 0 Å². The van der Waals surface area contributed by atoms with Gasteiger partial charge in [0.25, 0.3) is 5.91 Å². The number of carbonyl (C=O) groups is 2. The number of fused-ring (bicyclic) bond motifs is 3. The fourth-order valence-corrected chi connectivity index (χ4v) is 6.87. The van der Waals surface area contributed by atoms with E-state index in [1.54, 1.807) is 36.7 Å². The second-order valence-corrected chi connectivity index (χ2v) is 12.6. The molecule has 0 unspecified atom stereocenters. The smallest absolute Gasteiger partial charge is 0.267 e. The highest BCUT2D eigenvalue weighted by molar-refractivity contribution is 6.19. The highest BCUT2D eigenvalue weighted by Gasteiger charge is 2.25. The molecule has 0 aliphatic carbocycles. The molecule has 0 radical (unpaired) electrons. The van der Waals surface area contributed by atoms with E-state index < -0.39 is 5.91 Å². The summed E-state index contributed by atoms with van der Waals surface area (Å²) in [6.07, 6.45) is 7.07. The quantitative estimate of drug-likeness (QED) is 0.155. The SMILES string of the molecule is Cc1cccc(-n2c3ccc(-c4cncc(C#N)c4)cc3c3cc(-c4cncc(C#N)c4)ccc32)c1C(=O)N(C=O)c1ccc(-c2ccccc2)cc1. The molecule has 8 nitrogen and oxygen atoms in total. The van der Waals surface area contributed by atoms with Crippen LogP contribution in [0.25, 0.3) is 60.9 Å². The van der Waals surface area contributed by atoms with Crippen LogP contribution in [0.15, 0.2) is 146 Å². The van der Waals surface area contributed by atoms with Crippen molar-refractivity contribution in [2.45, 2.75) is 6.92 Å². The van der Waals surface area contributed by atoms with Gasteiger partial charge in [0.2, 0.25) is 6.41 Å². The molecule has 0 saturated heterocycles. The molecule has 3 aromatic heterocycles. The van der Waals surface area contributed by atoms with Gasteiger partial charge in [0.15, 0.2) is 0 Å². The van der Waals surface area contributed by atoms with E-state index in [1.165, 1.54) is 12.4 Å². The third-order valence-electron chi connectivity index (χ3n) is 9.45. The van der Waals surface area contributed by atoms with Crippen molar-refractivity contribution in [1.29, 1.82) is 10.5 Å². The minimum Gasteiger partial charge on any atom is -0.308 e. The summed E-state index contributed by atoms with van der Waals surface area (Å²) in [4.78, 5) is 36.9. The van der Waals surface area contributed by atoms with E-state index in [0.717, 1.165) is 60.1 Å². The zero-order valence-corrected chi connectivity index (χ0v) is 28.4. The maximum atomic E-state index is 14.6. The van der Waals surface area contributed by atoms with Crippen LogP contribution in [0.3, 0.4) is 0 Å². The monoisotopic (exact) mass is 684 g/mol. The molecule has 0 saturated carbocycles. The fourth-order valence-electron chi connectivity index (χ4n) is 6.87. The highest BCUT2D eigenvalue weighted by Crippen LogP contribution is 2.39. The van der Waals surface area contributed by atoms with Gasteiger partial charge in [0.1, 0.15) is 12.1 Å². The van der Waals surface area contributed by atoms with E-state index in [9.17, 15) is 20.1 Å². The van der Waals surface area contributed by atoms with Crippen molar-refractivity contribution >= 4 is 39.8 Å². The van der Waals surface area contributed by atoms with Crippen LogP contribution in [0.2, 0.25) is 0 Å². The molecule has 8 rings (SSSR count). The predicted molar refractivity (Wildman–Crippen MR) is 206 cm³/mol. The van der Waals surface area contributed by atoms with E-state index in [0.29, 0.717) is 40.0 Å². The van der Waals surface area contributed by atoms with Crippen molar-refractivity contribution in [2.24, 2.45) is 0 Å². The Morgan fingerprint density at radius 3 is 1.72 bits per heavy atom. The number of hydrogen-bond donors (Lipinski definition) is 0. The number of carbonyl (C=O) groups excluding carboxylic acids is 2. The molecule has 250 valence electrons. The van der Waals surface area contributed by atoms with Crippen molar-refractivity contribution in [2.75, 3.05) is 4.90 Å². The van der Waals surface area contributed by atoms with Gasteiger partial charge in [-0.2, -0.15) is 10.5 Å². The molecule has 3 heterocycles. The molecule has 0 aliphatic rings. The first kappa shape index (κ1) is 32.5. The van der Waals surface area contributed by atoms with Gasteiger partial charge >= 0.3 is 0 Å². The first-order valence-electron chi connectivity index (χ1n) is 16.8. The lowest BCUT2D eigenvalue weighted by molar-refractivity contribution is -0.106. The number of imide groups is 1. The Hall–Kier alpha value is -7.68. The Morgan fingerprint density at radius 2 is 1.17 bits per heavy atom. The van der Waals surface area contributed by atoms with E-state index in [4.69, 9.17) is 0 Å². The van der Waals surface area contributed by atoms with Crippen molar-refractivity contribution in [3.63, 3.8) is 0 Å². The third-order valence-corrected chi connectivity index (χ3v) is 9.45. The van der Waals surface area contributed by atoms with Crippen LogP contribution < -0.4 is 4.90 Å². The Bertz CT molecular complexity index is 2690. The van der Waals surface area contributed by atoms with E-state index >= 15 is 0 Å². The Kier molecular flexibility index (Phi) is 8.32. The van der Waals surface area contributed by atoms with E-state index in [1.807, 2.05) is 96.4 Å². The average Bonchev–Trinajstić information content (AvgIpc) is 3.54. The number of amides is 2. The van der Waals surface area contributed by atoms with Crippen LogP contribution in [0.1, 0.15) is 27.0 Å². The number of pyridine rings is 2. The number of benzene rings is 5. The lowest BCUT2D eigenvalue weighted by Gasteiger charge is -2.21. The third kappa shape index (κ3) is 5.87. The maximum absolute atomic E-state index is 14.6. The van der Waals surface area contributed by atoms with Crippen molar-refractivity contribution in [3.05, 3.63) is 168 Å². The van der Waals surface area contributed by atoms with Crippen LogP contribution in [-0.2, 0) is 4.79 Å². The predicted octanol–water partition coefficient (Wildman–Crippen LogP) is 9.43. The zero-order valence-electron chi connectivity index (χ0n) is 28.4. The summed E-state index contributed by atoms with van der Waals surface area (Å²) in [6, 6.07) is 42.9. The van der Waals surface area contributed by atoms with Crippen LogP contribution in [-0.4, -0.2) is 26.9 Å². The van der Waals surface area contributed by atoms with Gasteiger partial charge in [0, 0.05) is 46.7 Å². The molecule has 2 amide bonds. The molecular formula is C45H28N6O2. The summed E-state index contributed by atoms with van der Waals surface area (Å²) in [5.74, 6) is -0.456. The summed E-state index contributed by atoms with van der Waals surface area (Å²) < 4.78 is 2.05. The van der Waals surface area contributed by atoms with Crippen LogP contribution in [0.4, 0.5) is 5.69 Å². The van der Waals surface area contributed by atoms with Gasteiger partial charge in [-0.1, -0.05) is 66.7 Å². The first-order chi connectivity index (χ1) is 26.0. The Balaban J connectivity index is 1.31. The van der Waals surface area contributed by atoms with Crippen molar-refractivity contribution in [1.82, 2.24) is 14.5 Å². The molecule has 0 fully saturated rings. The van der Waals surface area contributed by atoms with Gasteiger partial charge < -0.3 is 4.57 Å². The van der Waals surface area contributed by atoms with E-state index in [-0.39, 0.29) is 0 Å². The summed E-state index contributed by atoms with van der Waals surface area (Å²) in [5.41, 5.74) is 10.1. The minimum absolute atomic E-state index is 0.385. The van der Waals surface area contributed by atoms with Crippen LogP contribution in [0.5, 0.6) is 0 Å². The number of rotatable bonds is 7. The summed E-state index contributed by atoms with van der Waals surface area (Å²) in [5, 5.41) is 20.9. The number of nitriles is 2. The standard InChI is InChI=1S/C45H28N6O2/c1-29-6-5-9-43(44(29)45(53)50(28-52)38-14-10-33(11-15-38)32-7-3-2-4-8-32)51-41-16-12-34(36-18-30(22-46)24-48-26-36)20-39(41)40-21-35(13-17-42(40)51)37-19-31(23-47)25-49-27-37/h2-21,24-28H,1H3. The average molecular weight is 685 g/mol. The summed E-state index contributed by atoms with van der Waals surface area (Å²) >= 11 is 0. The minimum atomic E-state index is -0.456. The van der Waals surface area contributed by atoms with Gasteiger partial charge in [-0.25, -0.2) is 4.90 Å². The molecule has 8 heteroatoms. The van der Waals surface area contributed by atoms with Crippen molar-refractivity contribution < 1.29 is 9.59 Å². The molecule has 8 aromatic rings. The normalized spacial score (nSPS) is 10.8. The van der Waals surface area contributed by atoms with Gasteiger partial charge in [-0.05, 0) is 89.3 Å². The summed E-state index contributed by atoms with van der Waals surface area (Å²) in [6.45, 7) is 1.87. The van der Waals surface area contributed by atoms with Crippen molar-refractivity contribution in [3.8, 4) is 51.2 Å². The largest absolute Gasteiger partial charge is 0.308 e. The molecule has 0 aliphatic heterocycles. The molecule has 53 heavy (non-hydrogen) atoms. The second-order valence-electron chi connectivity index (χ2n) is 12.6.